The number of carbonyl (C=O) groups is 1. The summed E-state index contributed by atoms with van der Waals surface area (Å²) >= 11 is 12.2. The van der Waals surface area contributed by atoms with Crippen LogP contribution in [0.15, 0.2) is 71.1 Å². The number of benzene rings is 3. The molecule has 0 aliphatic carbocycles. The summed E-state index contributed by atoms with van der Waals surface area (Å²) in [6, 6.07) is 16.7. The molecule has 3 aromatic carbocycles. The van der Waals surface area contributed by atoms with Gasteiger partial charge in [0, 0.05) is 10.7 Å². The second kappa shape index (κ2) is 12.5. The Morgan fingerprint density at radius 2 is 1.65 bits per heavy atom. The standard InChI is InChI=1S/C26H22Cl2N2O6S/c1-3-34-21-9-7-20(8-10-21)30-26(31)18(16-29)13-17-14-23(28)25(24(15-17)35-4-2)36-37(32,33)22-11-5-19(27)6-12-22/h5-15H,3-4H2,1-2H3,(H,30,31)/b18-13+. The summed E-state index contributed by atoms with van der Waals surface area (Å²) in [5.74, 6) is -0.211. The summed E-state index contributed by atoms with van der Waals surface area (Å²) in [5, 5.41) is 12.5. The normalized spacial score (nSPS) is 11.4. The van der Waals surface area contributed by atoms with Crippen LogP contribution in [0.25, 0.3) is 6.08 Å². The number of carbonyl (C=O) groups excluding carboxylic acids is 1. The van der Waals surface area contributed by atoms with E-state index in [0.717, 1.165) is 0 Å². The van der Waals surface area contributed by atoms with E-state index in [2.05, 4.69) is 5.32 Å². The molecule has 37 heavy (non-hydrogen) atoms. The van der Waals surface area contributed by atoms with Gasteiger partial charge in [-0.2, -0.15) is 13.7 Å². The zero-order valence-electron chi connectivity index (χ0n) is 19.8. The van der Waals surface area contributed by atoms with Crippen molar-refractivity contribution in [1.82, 2.24) is 0 Å². The number of hydrogen-bond donors (Lipinski definition) is 1. The van der Waals surface area contributed by atoms with Crippen LogP contribution in [0, 0.1) is 11.3 Å². The molecule has 1 N–H and O–H groups in total. The summed E-state index contributed by atoms with van der Waals surface area (Å²) in [6.45, 7) is 4.24. The van der Waals surface area contributed by atoms with Gasteiger partial charge in [0.15, 0.2) is 5.75 Å². The highest BCUT2D eigenvalue weighted by atomic mass is 35.5. The lowest BCUT2D eigenvalue weighted by Gasteiger charge is -2.14. The number of amides is 1. The van der Waals surface area contributed by atoms with Crippen LogP contribution < -0.4 is 19.0 Å². The molecule has 0 aromatic heterocycles. The molecule has 0 unspecified atom stereocenters. The fourth-order valence-corrected chi connectivity index (χ4v) is 4.48. The highest BCUT2D eigenvalue weighted by molar-refractivity contribution is 7.87. The molecule has 0 aliphatic heterocycles. The van der Waals surface area contributed by atoms with E-state index in [0.29, 0.717) is 28.6 Å². The highest BCUT2D eigenvalue weighted by Crippen LogP contribution is 2.39. The van der Waals surface area contributed by atoms with Crippen molar-refractivity contribution in [3.8, 4) is 23.3 Å². The Morgan fingerprint density at radius 3 is 2.24 bits per heavy atom. The maximum absolute atomic E-state index is 12.8. The number of nitriles is 1. The first-order valence-corrected chi connectivity index (χ1v) is 13.2. The molecule has 0 heterocycles. The van der Waals surface area contributed by atoms with E-state index in [1.54, 1.807) is 31.2 Å². The number of ether oxygens (including phenoxy) is 2. The number of halogens is 2. The van der Waals surface area contributed by atoms with Crippen molar-refractivity contribution in [2.75, 3.05) is 18.5 Å². The lowest BCUT2D eigenvalue weighted by atomic mass is 10.1. The van der Waals surface area contributed by atoms with Crippen molar-refractivity contribution in [3.63, 3.8) is 0 Å². The smallest absolute Gasteiger partial charge is 0.339 e. The van der Waals surface area contributed by atoms with Crippen molar-refractivity contribution in [3.05, 3.63) is 81.8 Å². The van der Waals surface area contributed by atoms with Gasteiger partial charge in [0.25, 0.3) is 5.91 Å². The highest BCUT2D eigenvalue weighted by Gasteiger charge is 2.23. The van der Waals surface area contributed by atoms with Crippen molar-refractivity contribution in [1.29, 1.82) is 5.26 Å². The molecule has 8 nitrogen and oxygen atoms in total. The molecule has 0 aliphatic rings. The number of rotatable bonds is 10. The van der Waals surface area contributed by atoms with Gasteiger partial charge in [0.05, 0.1) is 18.2 Å². The van der Waals surface area contributed by atoms with Gasteiger partial charge in [-0.3, -0.25) is 4.79 Å². The van der Waals surface area contributed by atoms with Crippen LogP contribution in [0.2, 0.25) is 10.0 Å². The zero-order valence-corrected chi connectivity index (χ0v) is 22.2. The Labute approximate surface area is 225 Å². The number of anilines is 1. The molecular formula is C26H22Cl2N2O6S. The Kier molecular flexibility index (Phi) is 9.42. The Morgan fingerprint density at radius 1 is 1.00 bits per heavy atom. The minimum absolute atomic E-state index is 0.0167. The van der Waals surface area contributed by atoms with E-state index in [9.17, 15) is 18.5 Å². The van der Waals surface area contributed by atoms with Gasteiger partial charge in [-0.05, 0) is 86.2 Å². The van der Waals surface area contributed by atoms with Gasteiger partial charge in [-0.25, -0.2) is 0 Å². The van der Waals surface area contributed by atoms with Gasteiger partial charge in [0.2, 0.25) is 5.75 Å². The summed E-state index contributed by atoms with van der Waals surface area (Å²) < 4.78 is 41.7. The fraction of sp³-hybridized carbons (Fsp3) is 0.154. The maximum Gasteiger partial charge on any atom is 0.339 e. The van der Waals surface area contributed by atoms with Gasteiger partial charge >= 0.3 is 10.1 Å². The third-order valence-corrected chi connectivity index (χ3v) is 6.49. The maximum atomic E-state index is 12.8. The molecule has 0 saturated carbocycles. The topological polar surface area (TPSA) is 115 Å². The van der Waals surface area contributed by atoms with E-state index in [-0.39, 0.29) is 33.6 Å². The Bertz CT molecular complexity index is 1450. The molecule has 0 spiro atoms. The molecule has 0 saturated heterocycles. The van der Waals surface area contributed by atoms with Gasteiger partial charge in [-0.1, -0.05) is 23.2 Å². The lowest BCUT2D eigenvalue weighted by molar-refractivity contribution is -0.112. The van der Waals surface area contributed by atoms with Crippen LogP contribution in [0.4, 0.5) is 5.69 Å². The molecule has 1 amide bonds. The van der Waals surface area contributed by atoms with Gasteiger partial charge in [-0.15, -0.1) is 0 Å². The number of hydrogen-bond acceptors (Lipinski definition) is 7. The van der Waals surface area contributed by atoms with E-state index < -0.39 is 16.0 Å². The Balaban J connectivity index is 1.89. The van der Waals surface area contributed by atoms with Crippen molar-refractivity contribution in [2.24, 2.45) is 0 Å². The second-order valence-electron chi connectivity index (χ2n) is 7.34. The van der Waals surface area contributed by atoms with Gasteiger partial charge < -0.3 is 19.0 Å². The average molecular weight is 561 g/mol. The van der Waals surface area contributed by atoms with Crippen molar-refractivity contribution in [2.45, 2.75) is 18.7 Å². The Hall–Kier alpha value is -3.71. The van der Waals surface area contributed by atoms with Crippen molar-refractivity contribution >= 4 is 51.0 Å². The molecule has 3 aromatic rings. The van der Waals surface area contributed by atoms with Crippen molar-refractivity contribution < 1.29 is 26.9 Å². The summed E-state index contributed by atoms with van der Waals surface area (Å²) in [6.07, 6.45) is 1.30. The molecular weight excluding hydrogens is 539 g/mol. The predicted octanol–water partition coefficient (Wildman–Crippen LogP) is 6.10. The van der Waals surface area contributed by atoms with Crippen LogP contribution in [0.1, 0.15) is 19.4 Å². The van der Waals surface area contributed by atoms with E-state index in [4.69, 9.17) is 36.9 Å². The number of nitrogens with zero attached hydrogens (tertiary/aromatic N) is 1. The van der Waals surface area contributed by atoms with Gasteiger partial charge in [0.1, 0.15) is 22.3 Å². The van der Waals surface area contributed by atoms with Crippen LogP contribution in [-0.2, 0) is 14.9 Å². The fourth-order valence-electron chi connectivity index (χ4n) is 3.09. The van der Waals surface area contributed by atoms with Crippen LogP contribution in [-0.4, -0.2) is 27.5 Å². The van der Waals surface area contributed by atoms with E-state index in [1.165, 1.54) is 42.5 Å². The summed E-state index contributed by atoms with van der Waals surface area (Å²) in [4.78, 5) is 12.6. The third-order valence-electron chi connectivity index (χ3n) is 4.73. The molecule has 0 radical (unpaired) electrons. The molecule has 192 valence electrons. The van der Waals surface area contributed by atoms with Crippen LogP contribution >= 0.6 is 23.2 Å². The minimum Gasteiger partial charge on any atom is -0.494 e. The number of nitrogens with one attached hydrogen (secondary N) is 1. The first kappa shape index (κ1) is 27.9. The molecule has 3 rings (SSSR count). The lowest BCUT2D eigenvalue weighted by Crippen LogP contribution is -2.13. The largest absolute Gasteiger partial charge is 0.494 e. The third kappa shape index (κ3) is 7.40. The minimum atomic E-state index is -4.25. The summed E-state index contributed by atoms with van der Waals surface area (Å²) in [7, 11) is -4.25. The predicted molar refractivity (Wildman–Crippen MR) is 142 cm³/mol. The summed E-state index contributed by atoms with van der Waals surface area (Å²) in [5.41, 5.74) is 0.580. The monoisotopic (exact) mass is 560 g/mol. The molecule has 11 heteroatoms. The SMILES string of the molecule is CCOc1ccc(NC(=O)/C(C#N)=C/c2cc(Cl)c(OS(=O)(=O)c3ccc(Cl)cc3)c(OCC)c2)cc1. The molecule has 0 atom stereocenters. The first-order chi connectivity index (χ1) is 17.7. The zero-order chi connectivity index (χ0) is 27.0. The molecule has 0 fully saturated rings. The van der Waals surface area contributed by atoms with E-state index in [1.807, 2.05) is 13.0 Å². The average Bonchev–Trinajstić information content (AvgIpc) is 2.86. The van der Waals surface area contributed by atoms with E-state index >= 15 is 0 Å². The quantitative estimate of drug-likeness (QED) is 0.181. The van der Waals surface area contributed by atoms with Crippen LogP contribution in [0.3, 0.4) is 0 Å². The second-order valence-corrected chi connectivity index (χ2v) is 9.73. The van der Waals surface area contributed by atoms with Crippen LogP contribution in [0.5, 0.6) is 17.2 Å². The molecule has 0 bridgehead atoms. The first-order valence-electron chi connectivity index (χ1n) is 11.0.